The van der Waals surface area contributed by atoms with E-state index in [0.29, 0.717) is 0 Å². The molecule has 1 heterocycles. The van der Waals surface area contributed by atoms with E-state index in [2.05, 4.69) is 202 Å². The van der Waals surface area contributed by atoms with Gasteiger partial charge in [-0.15, -0.1) is 0 Å². The lowest BCUT2D eigenvalue weighted by Gasteiger charge is -2.43. The average Bonchev–Trinajstić information content (AvgIpc) is 3.89. The number of fused-ring (bicyclic) bond motifs is 14. The van der Waals surface area contributed by atoms with E-state index in [-0.39, 0.29) is 10.8 Å². The Hall–Kier alpha value is -6.64. The molecule has 0 amide bonds. The molecule has 0 saturated carbocycles. The Balaban J connectivity index is 1.13. The molecule has 59 heavy (non-hydrogen) atoms. The molecule has 3 aliphatic rings. The van der Waals surface area contributed by atoms with Crippen molar-refractivity contribution in [1.29, 1.82) is 0 Å². The van der Waals surface area contributed by atoms with Gasteiger partial charge in [-0.3, -0.25) is 0 Å². The van der Waals surface area contributed by atoms with Crippen molar-refractivity contribution in [2.45, 2.75) is 56.8 Å². The molecule has 0 bridgehead atoms. The van der Waals surface area contributed by atoms with Crippen molar-refractivity contribution in [2.24, 2.45) is 0 Å². The van der Waals surface area contributed by atoms with Gasteiger partial charge in [0.1, 0.15) is 11.2 Å². The van der Waals surface area contributed by atoms with Crippen LogP contribution in [0.3, 0.4) is 0 Å². The zero-order valence-corrected chi connectivity index (χ0v) is 34.0. The summed E-state index contributed by atoms with van der Waals surface area (Å²) in [6, 6.07) is 65.6. The Morgan fingerprint density at radius 1 is 0.373 bits per heavy atom. The molecule has 9 aromatic rings. The van der Waals surface area contributed by atoms with Crippen LogP contribution in [0.15, 0.2) is 180 Å². The Morgan fingerprint density at radius 2 is 0.898 bits per heavy atom. The minimum absolute atomic E-state index is 0.0800. The minimum Gasteiger partial charge on any atom is -0.456 e. The SMILES string of the molecule is CC1(C)CCC(C)(C)c2cc3c(cc21)-c1ccc(N(c2ccc(-c4ccccc4)cc2)c2ccc4c(c2)oc2ccccc24)cc1C31c2ccccc2-c2ccccc21. The topological polar surface area (TPSA) is 16.4 Å². The van der Waals surface area contributed by atoms with Crippen LogP contribution < -0.4 is 4.90 Å². The maximum Gasteiger partial charge on any atom is 0.137 e. The summed E-state index contributed by atoms with van der Waals surface area (Å²) in [5.74, 6) is 0. The molecule has 0 atom stereocenters. The van der Waals surface area contributed by atoms with Gasteiger partial charge in [-0.25, -0.2) is 0 Å². The van der Waals surface area contributed by atoms with E-state index in [1.807, 2.05) is 6.07 Å². The lowest BCUT2D eigenvalue weighted by atomic mass is 9.61. The highest BCUT2D eigenvalue weighted by molar-refractivity contribution is 6.06. The van der Waals surface area contributed by atoms with Crippen LogP contribution in [-0.2, 0) is 16.2 Å². The molecule has 0 aliphatic heterocycles. The van der Waals surface area contributed by atoms with Crippen molar-refractivity contribution in [1.82, 2.24) is 0 Å². The van der Waals surface area contributed by atoms with Crippen LogP contribution in [0, 0.1) is 0 Å². The third-order valence-electron chi connectivity index (χ3n) is 14.2. The molecular formula is C57H45NO. The zero-order valence-electron chi connectivity index (χ0n) is 34.0. The summed E-state index contributed by atoms with van der Waals surface area (Å²) in [6.45, 7) is 9.80. The number of rotatable bonds is 4. The molecule has 12 rings (SSSR count). The first-order valence-corrected chi connectivity index (χ1v) is 21.1. The van der Waals surface area contributed by atoms with E-state index in [4.69, 9.17) is 4.42 Å². The molecule has 0 radical (unpaired) electrons. The van der Waals surface area contributed by atoms with Crippen LogP contribution >= 0.6 is 0 Å². The Labute approximate surface area is 346 Å². The highest BCUT2D eigenvalue weighted by Gasteiger charge is 2.53. The van der Waals surface area contributed by atoms with Gasteiger partial charge < -0.3 is 9.32 Å². The molecule has 1 aromatic heterocycles. The molecule has 2 heteroatoms. The third-order valence-corrected chi connectivity index (χ3v) is 14.2. The fourth-order valence-corrected chi connectivity index (χ4v) is 11.1. The van der Waals surface area contributed by atoms with Gasteiger partial charge in [0.15, 0.2) is 0 Å². The van der Waals surface area contributed by atoms with E-state index in [1.54, 1.807) is 0 Å². The van der Waals surface area contributed by atoms with E-state index in [0.717, 1.165) is 39.0 Å². The first-order valence-electron chi connectivity index (χ1n) is 21.1. The highest BCUT2D eigenvalue weighted by Crippen LogP contribution is 2.65. The quantitative estimate of drug-likeness (QED) is 0.178. The molecule has 2 nitrogen and oxygen atoms in total. The molecule has 0 fully saturated rings. The predicted octanol–water partition coefficient (Wildman–Crippen LogP) is 15.4. The average molecular weight is 760 g/mol. The van der Waals surface area contributed by atoms with Crippen LogP contribution in [0.5, 0.6) is 0 Å². The summed E-state index contributed by atoms with van der Waals surface area (Å²) in [5.41, 5.74) is 21.0. The molecular weight excluding hydrogens is 715 g/mol. The van der Waals surface area contributed by atoms with E-state index in [9.17, 15) is 0 Å². The van der Waals surface area contributed by atoms with Crippen molar-refractivity contribution >= 4 is 39.0 Å². The second-order valence-electron chi connectivity index (χ2n) is 18.3. The molecule has 8 aromatic carbocycles. The van der Waals surface area contributed by atoms with Gasteiger partial charge in [0, 0.05) is 33.9 Å². The molecule has 0 unspecified atom stereocenters. The summed E-state index contributed by atoms with van der Waals surface area (Å²) < 4.78 is 6.52. The van der Waals surface area contributed by atoms with Crippen molar-refractivity contribution in [3.8, 4) is 33.4 Å². The Morgan fingerprint density at radius 3 is 1.63 bits per heavy atom. The number of nitrogens with zero attached hydrogens (tertiary/aromatic N) is 1. The second-order valence-corrected chi connectivity index (χ2v) is 18.3. The molecule has 1 spiro atoms. The summed E-state index contributed by atoms with van der Waals surface area (Å²) in [5, 5.41) is 2.26. The van der Waals surface area contributed by atoms with E-state index < -0.39 is 5.41 Å². The maximum absolute atomic E-state index is 6.52. The number of anilines is 3. The summed E-state index contributed by atoms with van der Waals surface area (Å²) in [4.78, 5) is 2.42. The summed E-state index contributed by atoms with van der Waals surface area (Å²) in [7, 11) is 0. The van der Waals surface area contributed by atoms with Crippen LogP contribution in [-0.4, -0.2) is 0 Å². The van der Waals surface area contributed by atoms with Crippen LogP contribution in [0.2, 0.25) is 0 Å². The van der Waals surface area contributed by atoms with E-state index >= 15 is 0 Å². The highest BCUT2D eigenvalue weighted by atomic mass is 16.3. The van der Waals surface area contributed by atoms with Gasteiger partial charge in [0.2, 0.25) is 0 Å². The first-order chi connectivity index (χ1) is 28.7. The number of benzene rings is 8. The summed E-state index contributed by atoms with van der Waals surface area (Å²) in [6.07, 6.45) is 2.36. The standard InChI is InChI=1S/C57H45NO/c1-55(2)30-31-56(3,4)52-35-50-46(34-51(52)55)43-28-26-39(32-49(43)57(50)47-19-11-8-16-41(47)42-17-9-12-20-48(42)57)58(38-24-22-37(23-25-38)36-14-6-5-7-15-36)40-27-29-45-44-18-10-13-21-53(44)59-54(45)33-40/h5-29,32-35H,30-31H2,1-4H3. The predicted molar refractivity (Wildman–Crippen MR) is 245 cm³/mol. The van der Waals surface area contributed by atoms with Gasteiger partial charge in [-0.1, -0.05) is 149 Å². The van der Waals surface area contributed by atoms with Gasteiger partial charge in [0.05, 0.1) is 5.41 Å². The number of hydrogen-bond acceptors (Lipinski definition) is 2. The van der Waals surface area contributed by atoms with Gasteiger partial charge in [-0.2, -0.15) is 0 Å². The van der Waals surface area contributed by atoms with Crippen LogP contribution in [0.25, 0.3) is 55.3 Å². The van der Waals surface area contributed by atoms with Crippen molar-refractivity contribution in [3.05, 3.63) is 209 Å². The largest absolute Gasteiger partial charge is 0.456 e. The lowest BCUT2D eigenvalue weighted by Crippen LogP contribution is -2.35. The Kier molecular flexibility index (Phi) is 7.11. The number of furan rings is 1. The maximum atomic E-state index is 6.52. The van der Waals surface area contributed by atoms with Crippen LogP contribution in [0.1, 0.15) is 73.9 Å². The van der Waals surface area contributed by atoms with Crippen LogP contribution in [0.4, 0.5) is 17.1 Å². The smallest absolute Gasteiger partial charge is 0.137 e. The normalized spacial score (nSPS) is 16.1. The van der Waals surface area contributed by atoms with Crippen molar-refractivity contribution < 1.29 is 4.42 Å². The number of hydrogen-bond donors (Lipinski definition) is 0. The van der Waals surface area contributed by atoms with Crippen molar-refractivity contribution in [3.63, 3.8) is 0 Å². The second kappa shape index (κ2) is 12.2. The molecule has 0 N–H and O–H groups in total. The zero-order chi connectivity index (χ0) is 39.7. The fourth-order valence-electron chi connectivity index (χ4n) is 11.1. The lowest BCUT2D eigenvalue weighted by molar-refractivity contribution is 0.331. The minimum atomic E-state index is -0.466. The fraction of sp³-hybridized carbons (Fsp3) is 0.158. The first kappa shape index (κ1) is 34.4. The third kappa shape index (κ3) is 4.81. The Bertz CT molecular complexity index is 3120. The van der Waals surface area contributed by atoms with Gasteiger partial charge in [-0.05, 0) is 139 Å². The number of para-hydroxylation sites is 1. The molecule has 0 saturated heterocycles. The van der Waals surface area contributed by atoms with Crippen molar-refractivity contribution in [2.75, 3.05) is 4.90 Å². The monoisotopic (exact) mass is 759 g/mol. The van der Waals surface area contributed by atoms with Gasteiger partial charge in [0.25, 0.3) is 0 Å². The van der Waals surface area contributed by atoms with Gasteiger partial charge >= 0.3 is 0 Å². The summed E-state index contributed by atoms with van der Waals surface area (Å²) >= 11 is 0. The molecule has 284 valence electrons. The molecule has 3 aliphatic carbocycles. The van der Waals surface area contributed by atoms with E-state index in [1.165, 1.54) is 79.6 Å².